The smallest absolute Gasteiger partial charge is 0.872 e. The molecule has 2 aromatic carbocycles. The number of benzene rings is 2. The molecule has 0 saturated heterocycles. The number of carbonyl (C=O) groups excluding carboxylic acids is 1. The van der Waals surface area contributed by atoms with Gasteiger partial charge in [-0.3, -0.25) is 0 Å². The molecule has 0 aliphatic heterocycles. The summed E-state index contributed by atoms with van der Waals surface area (Å²) < 4.78 is 8.12. The van der Waals surface area contributed by atoms with Crippen molar-refractivity contribution >= 4 is 73.7 Å². The van der Waals surface area contributed by atoms with Crippen LogP contribution in [0.4, 0.5) is 0 Å². The summed E-state index contributed by atoms with van der Waals surface area (Å²) in [6.07, 6.45) is 0.157. The summed E-state index contributed by atoms with van der Waals surface area (Å²) in [6, 6.07) is 8.43. The number of aliphatic carboxylic acids is 1. The van der Waals surface area contributed by atoms with Crippen LogP contribution in [-0.4, -0.2) is 11.5 Å². The summed E-state index contributed by atoms with van der Waals surface area (Å²) in [5.74, 6) is -0.116. The number of carbonyl (C=O) groups is 1. The third kappa shape index (κ3) is 7.48. The van der Waals surface area contributed by atoms with Crippen LogP contribution in [-0.2, 0) is 11.2 Å². The number of carboxylic acid groups (broad SMARTS) is 1. The number of rotatable bonds is 5. The van der Waals surface area contributed by atoms with Crippen molar-refractivity contribution in [1.82, 2.24) is 0 Å². The third-order valence-electron chi connectivity index (χ3n) is 3.22. The van der Waals surface area contributed by atoms with E-state index in [1.165, 1.54) is 13.0 Å². The van der Waals surface area contributed by atoms with Crippen LogP contribution in [0, 0.1) is 10.7 Å². The number of halogens is 3. The van der Waals surface area contributed by atoms with Crippen molar-refractivity contribution in [3.63, 3.8) is 0 Å². The van der Waals surface area contributed by atoms with E-state index < -0.39 is 11.5 Å². The van der Waals surface area contributed by atoms with Gasteiger partial charge in [0.05, 0.1) is 18.6 Å². The van der Waals surface area contributed by atoms with Gasteiger partial charge in [0.25, 0.3) is 0 Å². The van der Waals surface area contributed by atoms with Crippen LogP contribution in [0.3, 0.4) is 0 Å². The van der Waals surface area contributed by atoms with Gasteiger partial charge in [0.2, 0.25) is 0 Å². The molecule has 0 aliphatic carbocycles. The molecule has 0 bridgehead atoms. The number of carboxylic acids is 1. The predicted octanol–water partition coefficient (Wildman–Crippen LogP) is -3.62. The maximum Gasteiger partial charge on any atom is 1.00 e. The molecule has 1 unspecified atom stereocenters. The monoisotopic (exact) mass is 709 g/mol. The molecule has 5 nitrogen and oxygen atoms in total. The Hall–Kier alpha value is 1.66. The zero-order chi connectivity index (χ0) is 18.1. The first-order chi connectivity index (χ1) is 11.1. The summed E-state index contributed by atoms with van der Waals surface area (Å²) in [6.45, 7) is 1.43. The minimum atomic E-state index is -1.44. The number of hydrogen-bond donors (Lipinski definition) is 1. The largest absolute Gasteiger partial charge is 1.00 e. The molecule has 0 heterocycles. The number of ether oxygens (including phenoxy) is 1. The first kappa shape index (κ1) is 27.7. The van der Waals surface area contributed by atoms with Crippen LogP contribution in [0.15, 0.2) is 30.3 Å². The minimum absolute atomic E-state index is 0. The van der Waals surface area contributed by atoms with E-state index in [1.54, 1.807) is 12.1 Å². The Balaban J connectivity index is 0.00000312. The van der Waals surface area contributed by atoms with Gasteiger partial charge >= 0.3 is 59.1 Å². The molecule has 2 aromatic rings. The molecule has 0 aromatic heterocycles. The normalized spacial score (nSPS) is 12.3. The maximum absolute atomic E-state index is 11.5. The third-order valence-corrected chi connectivity index (χ3v) is 5.66. The summed E-state index contributed by atoms with van der Waals surface area (Å²) in [7, 11) is 0. The van der Waals surface area contributed by atoms with Crippen molar-refractivity contribution in [2.45, 2.75) is 18.9 Å². The van der Waals surface area contributed by atoms with Gasteiger partial charge in [0.1, 0.15) is 5.75 Å². The van der Waals surface area contributed by atoms with Crippen LogP contribution in [0.2, 0.25) is 0 Å². The van der Waals surface area contributed by atoms with Gasteiger partial charge in [-0.2, -0.15) is 0 Å². The van der Waals surface area contributed by atoms with Crippen LogP contribution in [0.1, 0.15) is 12.5 Å². The van der Waals surface area contributed by atoms with E-state index in [2.05, 4.69) is 45.2 Å². The van der Waals surface area contributed by atoms with E-state index in [4.69, 9.17) is 10.5 Å². The fraction of sp³-hybridized carbons (Fsp3) is 0.188. The van der Waals surface area contributed by atoms with E-state index >= 15 is 0 Å². The quantitative estimate of drug-likeness (QED) is 0.256. The van der Waals surface area contributed by atoms with Crippen LogP contribution >= 0.6 is 67.8 Å². The first-order valence-corrected chi connectivity index (χ1v) is 9.96. The standard InChI is InChI=1S/C16H14I3NO4.2Na/c1-16(20,15(22)23)7-8-4-11(18)14(12(19)5-8)24-9-2-3-13(21)10(17)6-9;;/h2-6,21H,7,20H2,1H3,(H,22,23);;/q;2*+1/p-2. The van der Waals surface area contributed by atoms with Crippen molar-refractivity contribution < 1.29 is 78.9 Å². The molecule has 1 atom stereocenters. The SMILES string of the molecule is CC(N)(Cc1cc(I)c(Oc2ccc([O-])c(I)c2)c(I)c1)C(=O)[O-].[Na+].[Na+]. The van der Waals surface area contributed by atoms with Crippen LogP contribution < -0.4 is 79.8 Å². The summed E-state index contributed by atoms with van der Waals surface area (Å²) in [5, 5.41) is 22.5. The molecule has 0 fully saturated rings. The van der Waals surface area contributed by atoms with Gasteiger partial charge in [-0.1, -0.05) is 11.8 Å². The fourth-order valence-electron chi connectivity index (χ4n) is 1.97. The average molecular weight is 709 g/mol. The van der Waals surface area contributed by atoms with Gasteiger partial charge in [0.15, 0.2) is 5.75 Å². The molecule has 26 heavy (non-hydrogen) atoms. The van der Waals surface area contributed by atoms with E-state index in [0.717, 1.165) is 12.7 Å². The van der Waals surface area contributed by atoms with E-state index in [1.807, 2.05) is 34.7 Å². The van der Waals surface area contributed by atoms with Gasteiger partial charge in [-0.25, -0.2) is 0 Å². The molecule has 10 heteroatoms. The predicted molar refractivity (Wildman–Crippen MR) is 112 cm³/mol. The zero-order valence-corrected chi connectivity index (χ0v) is 24.9. The van der Waals surface area contributed by atoms with Crippen LogP contribution in [0.5, 0.6) is 17.2 Å². The fourth-order valence-corrected chi connectivity index (χ4v) is 4.58. The van der Waals surface area contributed by atoms with Crippen molar-refractivity contribution in [2.75, 3.05) is 0 Å². The Morgan fingerprint density at radius 2 is 1.65 bits per heavy atom. The van der Waals surface area contributed by atoms with Gasteiger partial charge in [-0.05, 0) is 111 Å². The molecule has 0 aliphatic rings. The number of hydrogen-bond acceptors (Lipinski definition) is 5. The zero-order valence-electron chi connectivity index (χ0n) is 14.4. The molecular formula is C16H12I3NNa2O4. The Morgan fingerprint density at radius 3 is 2.12 bits per heavy atom. The molecule has 0 amide bonds. The van der Waals surface area contributed by atoms with Crippen molar-refractivity contribution in [2.24, 2.45) is 5.73 Å². The van der Waals surface area contributed by atoms with Crippen LogP contribution in [0.25, 0.3) is 0 Å². The van der Waals surface area contributed by atoms with Crippen molar-refractivity contribution in [3.8, 4) is 17.2 Å². The molecule has 2 N–H and O–H groups in total. The van der Waals surface area contributed by atoms with E-state index in [0.29, 0.717) is 15.1 Å². The first-order valence-electron chi connectivity index (χ1n) is 6.73. The van der Waals surface area contributed by atoms with E-state index in [9.17, 15) is 15.0 Å². The molecule has 0 radical (unpaired) electrons. The second-order valence-electron chi connectivity index (χ2n) is 5.46. The van der Waals surface area contributed by atoms with Gasteiger partial charge in [0, 0.05) is 3.57 Å². The Labute approximate surface area is 237 Å². The Kier molecular flexibility index (Phi) is 12.5. The summed E-state index contributed by atoms with van der Waals surface area (Å²) >= 11 is 6.22. The molecule has 128 valence electrons. The number of nitrogens with two attached hydrogens (primary N) is 1. The summed E-state index contributed by atoms with van der Waals surface area (Å²) in [4.78, 5) is 11.1. The molecule has 0 saturated carbocycles. The molecule has 2 rings (SSSR count). The second-order valence-corrected chi connectivity index (χ2v) is 8.95. The Morgan fingerprint density at radius 1 is 1.12 bits per heavy atom. The van der Waals surface area contributed by atoms with Crippen molar-refractivity contribution in [3.05, 3.63) is 46.6 Å². The minimum Gasteiger partial charge on any atom is -0.872 e. The summed E-state index contributed by atoms with van der Waals surface area (Å²) in [5.41, 5.74) is 5.11. The van der Waals surface area contributed by atoms with Crippen molar-refractivity contribution in [1.29, 1.82) is 0 Å². The molecule has 0 spiro atoms. The average Bonchev–Trinajstić information content (AvgIpc) is 2.46. The Bertz CT molecular complexity index is 780. The second kappa shape index (κ2) is 11.7. The maximum atomic E-state index is 11.5. The van der Waals surface area contributed by atoms with Gasteiger partial charge in [-0.15, -0.1) is 0 Å². The molecular weight excluding hydrogens is 697 g/mol. The van der Waals surface area contributed by atoms with E-state index in [-0.39, 0.29) is 71.3 Å². The van der Waals surface area contributed by atoms with Gasteiger partial charge < -0.3 is 25.5 Å². The topological polar surface area (TPSA) is 98.4 Å².